The fraction of sp³-hybridized carbons (Fsp3) is 0.250. The summed E-state index contributed by atoms with van der Waals surface area (Å²) in [6.07, 6.45) is 1.65. The molecule has 1 aromatic heterocycles. The molecular weight excluding hydrogens is 284 g/mol. The molecule has 1 heterocycles. The molecule has 1 aromatic carbocycles. The molecule has 17 heavy (non-hydrogen) atoms. The predicted molar refractivity (Wildman–Crippen MR) is 69.0 cm³/mol. The molecule has 4 nitrogen and oxygen atoms in total. The molecule has 0 atom stereocenters. The number of ether oxygens (including phenoxy) is 1. The Bertz CT molecular complexity index is 511. The van der Waals surface area contributed by atoms with Crippen LogP contribution in [-0.4, -0.2) is 19.1 Å². The number of hydrogen-bond donors (Lipinski definition) is 1. The van der Waals surface area contributed by atoms with Gasteiger partial charge in [0.15, 0.2) is 0 Å². The number of hydrogen-bond acceptors (Lipinski definition) is 4. The Morgan fingerprint density at radius 3 is 3.00 bits per heavy atom. The number of benzene rings is 1. The summed E-state index contributed by atoms with van der Waals surface area (Å²) in [6.45, 7) is 0.686. The Hall–Kier alpha value is -1.33. The molecule has 0 saturated carbocycles. The Morgan fingerprint density at radius 2 is 2.29 bits per heavy atom. The lowest BCUT2D eigenvalue weighted by molar-refractivity contribution is 0.414. The number of nitrogens with one attached hydrogen (secondary N) is 1. The van der Waals surface area contributed by atoms with Crippen LogP contribution < -0.4 is 10.1 Å². The van der Waals surface area contributed by atoms with Gasteiger partial charge < -0.3 is 14.5 Å². The van der Waals surface area contributed by atoms with Crippen LogP contribution in [-0.2, 0) is 6.54 Å². The molecule has 0 bridgehead atoms. The molecule has 90 valence electrons. The normalized spacial score (nSPS) is 10.5. The van der Waals surface area contributed by atoms with Gasteiger partial charge in [0.25, 0.3) is 0 Å². The van der Waals surface area contributed by atoms with Crippen molar-refractivity contribution in [3.63, 3.8) is 0 Å². The molecule has 0 aliphatic heterocycles. The monoisotopic (exact) mass is 296 g/mol. The quantitative estimate of drug-likeness (QED) is 0.942. The van der Waals surface area contributed by atoms with Crippen LogP contribution in [0.1, 0.15) is 5.69 Å². The first-order valence-corrected chi connectivity index (χ1v) is 5.97. The van der Waals surface area contributed by atoms with Crippen molar-refractivity contribution in [3.05, 3.63) is 34.6 Å². The number of methoxy groups -OCH3 is 1. The molecule has 1 N–H and O–H groups in total. The van der Waals surface area contributed by atoms with Crippen molar-refractivity contribution < 1.29 is 9.15 Å². The molecule has 0 saturated heterocycles. The summed E-state index contributed by atoms with van der Waals surface area (Å²) in [5.41, 5.74) is 1.75. The molecule has 5 heteroatoms. The van der Waals surface area contributed by atoms with Gasteiger partial charge in [-0.2, -0.15) is 0 Å². The lowest BCUT2D eigenvalue weighted by atomic mass is 10.2. The van der Waals surface area contributed by atoms with Crippen LogP contribution in [0, 0.1) is 0 Å². The number of rotatable bonds is 4. The molecule has 0 spiro atoms. The maximum Gasteiger partial charge on any atom is 0.227 e. The van der Waals surface area contributed by atoms with Crippen molar-refractivity contribution in [2.45, 2.75) is 6.54 Å². The molecule has 0 amide bonds. The van der Waals surface area contributed by atoms with Gasteiger partial charge >= 0.3 is 0 Å². The van der Waals surface area contributed by atoms with Crippen molar-refractivity contribution in [1.29, 1.82) is 0 Å². The topological polar surface area (TPSA) is 47.3 Å². The molecule has 0 aliphatic rings. The minimum atomic E-state index is 0.584. The molecular formula is C12H13BrN2O2. The van der Waals surface area contributed by atoms with E-state index in [9.17, 15) is 0 Å². The molecule has 0 aliphatic carbocycles. The highest BCUT2D eigenvalue weighted by atomic mass is 79.9. The second-order valence-corrected chi connectivity index (χ2v) is 4.37. The molecule has 0 unspecified atom stereocenters. The highest BCUT2D eigenvalue weighted by Gasteiger charge is 2.11. The Balaban J connectivity index is 2.37. The van der Waals surface area contributed by atoms with Crippen molar-refractivity contribution in [1.82, 2.24) is 10.3 Å². The van der Waals surface area contributed by atoms with Crippen LogP contribution in [0.15, 0.2) is 33.4 Å². The van der Waals surface area contributed by atoms with Gasteiger partial charge in [0.2, 0.25) is 5.89 Å². The Kier molecular flexibility index (Phi) is 3.81. The fourth-order valence-electron chi connectivity index (χ4n) is 1.49. The third kappa shape index (κ3) is 2.68. The predicted octanol–water partition coefficient (Wildman–Crippen LogP) is 2.83. The number of halogens is 1. The van der Waals surface area contributed by atoms with Crippen LogP contribution in [0.2, 0.25) is 0 Å². The number of nitrogens with zero attached hydrogens (tertiary/aromatic N) is 1. The van der Waals surface area contributed by atoms with Gasteiger partial charge in [0, 0.05) is 11.0 Å². The summed E-state index contributed by atoms with van der Waals surface area (Å²) in [5, 5.41) is 3.03. The molecule has 0 fully saturated rings. The van der Waals surface area contributed by atoms with E-state index >= 15 is 0 Å². The zero-order valence-electron chi connectivity index (χ0n) is 9.66. The first-order chi connectivity index (χ1) is 8.24. The second-order valence-electron chi connectivity index (χ2n) is 3.52. The summed E-state index contributed by atoms with van der Waals surface area (Å²) >= 11 is 3.47. The van der Waals surface area contributed by atoms with Crippen LogP contribution in [0.25, 0.3) is 11.5 Å². The van der Waals surface area contributed by atoms with Gasteiger partial charge in [-0.25, -0.2) is 4.98 Å². The number of oxazole rings is 1. The van der Waals surface area contributed by atoms with E-state index in [1.807, 2.05) is 25.2 Å². The lowest BCUT2D eigenvalue weighted by Crippen LogP contribution is -2.04. The van der Waals surface area contributed by atoms with Gasteiger partial charge in [-0.05, 0) is 41.2 Å². The Morgan fingerprint density at radius 1 is 1.47 bits per heavy atom. The van der Waals surface area contributed by atoms with Crippen LogP contribution >= 0.6 is 15.9 Å². The second kappa shape index (κ2) is 5.33. The van der Waals surface area contributed by atoms with Gasteiger partial charge in [-0.15, -0.1) is 0 Å². The van der Waals surface area contributed by atoms with Crippen LogP contribution in [0.5, 0.6) is 5.75 Å². The largest absolute Gasteiger partial charge is 0.497 e. The third-order valence-electron chi connectivity index (χ3n) is 2.31. The minimum Gasteiger partial charge on any atom is -0.497 e. The summed E-state index contributed by atoms with van der Waals surface area (Å²) in [7, 11) is 3.50. The lowest BCUT2D eigenvalue weighted by Gasteiger charge is -2.03. The molecule has 2 aromatic rings. The van der Waals surface area contributed by atoms with Gasteiger partial charge in [0.05, 0.1) is 18.4 Å². The fourth-order valence-corrected chi connectivity index (χ4v) is 1.90. The van der Waals surface area contributed by atoms with Crippen LogP contribution in [0.4, 0.5) is 0 Å². The van der Waals surface area contributed by atoms with Crippen LogP contribution in [0.3, 0.4) is 0 Å². The Labute approximate surface area is 108 Å². The van der Waals surface area contributed by atoms with E-state index in [0.717, 1.165) is 21.5 Å². The van der Waals surface area contributed by atoms with E-state index in [4.69, 9.17) is 9.15 Å². The first-order valence-electron chi connectivity index (χ1n) is 5.17. The van der Waals surface area contributed by atoms with Crippen molar-refractivity contribution >= 4 is 15.9 Å². The SMILES string of the molecule is CNCc1coc(-c2cc(OC)ccc2Br)n1. The average Bonchev–Trinajstić information content (AvgIpc) is 2.79. The van der Waals surface area contributed by atoms with Gasteiger partial charge in [0.1, 0.15) is 12.0 Å². The van der Waals surface area contributed by atoms with E-state index in [0.29, 0.717) is 12.4 Å². The summed E-state index contributed by atoms with van der Waals surface area (Å²) in [6, 6.07) is 5.68. The summed E-state index contributed by atoms with van der Waals surface area (Å²) in [4.78, 5) is 4.39. The summed E-state index contributed by atoms with van der Waals surface area (Å²) in [5.74, 6) is 1.36. The zero-order chi connectivity index (χ0) is 12.3. The highest BCUT2D eigenvalue weighted by Crippen LogP contribution is 2.31. The minimum absolute atomic E-state index is 0.584. The van der Waals surface area contributed by atoms with E-state index in [2.05, 4.69) is 26.2 Å². The van der Waals surface area contributed by atoms with E-state index in [1.165, 1.54) is 0 Å². The molecule has 0 radical (unpaired) electrons. The van der Waals surface area contributed by atoms with E-state index in [1.54, 1.807) is 13.4 Å². The van der Waals surface area contributed by atoms with Gasteiger partial charge in [-0.1, -0.05) is 0 Å². The maximum absolute atomic E-state index is 5.45. The average molecular weight is 297 g/mol. The zero-order valence-corrected chi connectivity index (χ0v) is 11.2. The van der Waals surface area contributed by atoms with E-state index in [-0.39, 0.29) is 0 Å². The van der Waals surface area contributed by atoms with Crippen molar-refractivity contribution in [3.8, 4) is 17.2 Å². The van der Waals surface area contributed by atoms with Crippen molar-refractivity contribution in [2.24, 2.45) is 0 Å². The van der Waals surface area contributed by atoms with Crippen molar-refractivity contribution in [2.75, 3.05) is 14.2 Å². The summed E-state index contributed by atoms with van der Waals surface area (Å²) < 4.78 is 11.6. The van der Waals surface area contributed by atoms with Gasteiger partial charge in [-0.3, -0.25) is 0 Å². The molecule has 2 rings (SSSR count). The number of aromatic nitrogens is 1. The maximum atomic E-state index is 5.45. The van der Waals surface area contributed by atoms with E-state index < -0.39 is 0 Å². The first kappa shape index (κ1) is 12.1. The standard InChI is InChI=1S/C12H13BrN2O2/c1-14-6-8-7-17-12(15-8)10-5-9(16-2)3-4-11(10)13/h3-5,7,14H,6H2,1-2H3. The third-order valence-corrected chi connectivity index (χ3v) is 3.01. The smallest absolute Gasteiger partial charge is 0.227 e. The highest BCUT2D eigenvalue weighted by molar-refractivity contribution is 9.10.